The average Bonchev–Trinajstić information content (AvgIpc) is 2.38. The quantitative estimate of drug-likeness (QED) is 0.840. The monoisotopic (exact) mass is 287 g/mol. The molecule has 0 amide bonds. The minimum atomic E-state index is -4.28. The summed E-state index contributed by atoms with van der Waals surface area (Å²) in [5, 5.41) is 0. The van der Waals surface area contributed by atoms with Gasteiger partial charge in [-0.1, -0.05) is 26.0 Å². The van der Waals surface area contributed by atoms with Crippen LogP contribution in [0.25, 0.3) is 0 Å². The van der Waals surface area contributed by atoms with Crippen molar-refractivity contribution in [3.8, 4) is 0 Å². The largest absolute Gasteiger partial charge is 0.416 e. The predicted octanol–water partition coefficient (Wildman–Crippen LogP) is 3.73. The molecule has 20 heavy (non-hydrogen) atoms. The molecular formula is C15H20F3NO. The molecule has 1 saturated heterocycles. The van der Waals surface area contributed by atoms with Crippen LogP contribution in [-0.4, -0.2) is 31.2 Å². The molecule has 5 heteroatoms. The number of rotatable bonds is 3. The number of ether oxygens (including phenoxy) is 1. The third-order valence-corrected chi connectivity index (χ3v) is 3.46. The molecule has 1 aliphatic heterocycles. The summed E-state index contributed by atoms with van der Waals surface area (Å²) in [5.74, 6) is 0.519. The van der Waals surface area contributed by atoms with Crippen LogP contribution in [0.5, 0.6) is 0 Å². The molecular weight excluding hydrogens is 267 g/mol. The van der Waals surface area contributed by atoms with E-state index in [0.717, 1.165) is 30.8 Å². The van der Waals surface area contributed by atoms with E-state index >= 15 is 0 Å². The van der Waals surface area contributed by atoms with Crippen LogP contribution in [0.4, 0.5) is 13.2 Å². The Balaban J connectivity index is 2.15. The summed E-state index contributed by atoms with van der Waals surface area (Å²) in [7, 11) is 0. The minimum absolute atomic E-state index is 0.0495. The van der Waals surface area contributed by atoms with E-state index in [1.807, 2.05) is 0 Å². The molecule has 0 radical (unpaired) electrons. The summed E-state index contributed by atoms with van der Waals surface area (Å²) in [6.07, 6.45) is -4.28. The van der Waals surface area contributed by atoms with E-state index in [-0.39, 0.29) is 6.04 Å². The Morgan fingerprint density at radius 1 is 1.25 bits per heavy atom. The van der Waals surface area contributed by atoms with Crippen LogP contribution in [0, 0.1) is 5.92 Å². The first-order valence-corrected chi connectivity index (χ1v) is 6.87. The lowest BCUT2D eigenvalue weighted by molar-refractivity contribution is -0.137. The van der Waals surface area contributed by atoms with Crippen LogP contribution < -0.4 is 0 Å². The first-order valence-electron chi connectivity index (χ1n) is 6.87. The summed E-state index contributed by atoms with van der Waals surface area (Å²) >= 11 is 0. The van der Waals surface area contributed by atoms with Gasteiger partial charge in [0, 0.05) is 13.1 Å². The Kier molecular flexibility index (Phi) is 4.70. The van der Waals surface area contributed by atoms with Gasteiger partial charge in [0.05, 0.1) is 24.8 Å². The van der Waals surface area contributed by atoms with Crippen LogP contribution in [0.1, 0.15) is 31.0 Å². The second-order valence-corrected chi connectivity index (χ2v) is 5.60. The molecule has 2 nitrogen and oxygen atoms in total. The van der Waals surface area contributed by atoms with Crippen LogP contribution >= 0.6 is 0 Å². The van der Waals surface area contributed by atoms with Gasteiger partial charge in [0.15, 0.2) is 0 Å². The Morgan fingerprint density at radius 3 is 2.45 bits per heavy atom. The second-order valence-electron chi connectivity index (χ2n) is 5.60. The maximum absolute atomic E-state index is 12.6. The van der Waals surface area contributed by atoms with Crippen LogP contribution in [0.2, 0.25) is 0 Å². The molecule has 1 atom stereocenters. The summed E-state index contributed by atoms with van der Waals surface area (Å²) in [4.78, 5) is 2.29. The van der Waals surface area contributed by atoms with E-state index in [1.54, 1.807) is 12.1 Å². The number of hydrogen-bond donors (Lipinski definition) is 0. The normalized spacial score (nSPS) is 21.4. The van der Waals surface area contributed by atoms with E-state index in [4.69, 9.17) is 4.74 Å². The first-order chi connectivity index (χ1) is 9.38. The Labute approximate surface area is 117 Å². The van der Waals surface area contributed by atoms with Gasteiger partial charge < -0.3 is 4.74 Å². The van der Waals surface area contributed by atoms with E-state index in [0.29, 0.717) is 19.1 Å². The Hall–Kier alpha value is -1.07. The molecule has 2 rings (SSSR count). The highest BCUT2D eigenvalue weighted by Crippen LogP contribution is 2.31. The molecule has 0 aliphatic carbocycles. The smallest absolute Gasteiger partial charge is 0.378 e. The third-order valence-electron chi connectivity index (χ3n) is 3.46. The van der Waals surface area contributed by atoms with Crippen molar-refractivity contribution in [2.45, 2.75) is 26.1 Å². The van der Waals surface area contributed by atoms with Gasteiger partial charge in [-0.05, 0) is 23.6 Å². The molecule has 0 bridgehead atoms. The highest BCUT2D eigenvalue weighted by molar-refractivity contribution is 5.27. The SMILES string of the molecule is CC(C)CN1CCOCC1c1ccc(C(F)(F)F)cc1. The van der Waals surface area contributed by atoms with Crippen molar-refractivity contribution in [3.05, 3.63) is 35.4 Å². The van der Waals surface area contributed by atoms with E-state index in [1.165, 1.54) is 0 Å². The number of nitrogens with zero attached hydrogens (tertiary/aromatic N) is 1. The van der Waals surface area contributed by atoms with Crippen LogP contribution in [0.15, 0.2) is 24.3 Å². The second kappa shape index (κ2) is 6.14. The van der Waals surface area contributed by atoms with E-state index in [2.05, 4.69) is 18.7 Å². The lowest BCUT2D eigenvalue weighted by Gasteiger charge is -2.37. The maximum Gasteiger partial charge on any atom is 0.416 e. The zero-order chi connectivity index (χ0) is 14.8. The lowest BCUT2D eigenvalue weighted by atomic mass is 10.0. The molecule has 0 spiro atoms. The van der Waals surface area contributed by atoms with Crippen molar-refractivity contribution < 1.29 is 17.9 Å². The van der Waals surface area contributed by atoms with Gasteiger partial charge >= 0.3 is 6.18 Å². The molecule has 1 aromatic carbocycles. The highest BCUT2D eigenvalue weighted by Gasteiger charge is 2.31. The summed E-state index contributed by atoms with van der Waals surface area (Å²) in [6, 6.07) is 5.48. The molecule has 0 saturated carbocycles. The highest BCUT2D eigenvalue weighted by atomic mass is 19.4. The number of halogens is 3. The standard InChI is InChI=1S/C15H20F3NO/c1-11(2)9-19-7-8-20-10-14(19)12-3-5-13(6-4-12)15(16,17)18/h3-6,11,14H,7-10H2,1-2H3. The van der Waals surface area contributed by atoms with Crippen molar-refractivity contribution in [1.82, 2.24) is 4.90 Å². The molecule has 1 fully saturated rings. The Morgan fingerprint density at radius 2 is 1.90 bits per heavy atom. The van der Waals surface area contributed by atoms with E-state index in [9.17, 15) is 13.2 Å². The van der Waals surface area contributed by atoms with Gasteiger partial charge in [-0.2, -0.15) is 13.2 Å². The van der Waals surface area contributed by atoms with E-state index < -0.39 is 11.7 Å². The average molecular weight is 287 g/mol. The number of hydrogen-bond acceptors (Lipinski definition) is 2. The number of morpholine rings is 1. The van der Waals surface area contributed by atoms with Gasteiger partial charge in [0.1, 0.15) is 0 Å². The molecule has 112 valence electrons. The van der Waals surface area contributed by atoms with Gasteiger partial charge in [-0.3, -0.25) is 4.90 Å². The first kappa shape index (κ1) is 15.3. The van der Waals surface area contributed by atoms with Gasteiger partial charge in [-0.15, -0.1) is 0 Å². The Bertz CT molecular complexity index is 428. The molecule has 0 N–H and O–H groups in total. The zero-order valence-corrected chi connectivity index (χ0v) is 11.8. The fourth-order valence-electron chi connectivity index (χ4n) is 2.53. The van der Waals surface area contributed by atoms with Crippen molar-refractivity contribution >= 4 is 0 Å². The molecule has 1 heterocycles. The van der Waals surface area contributed by atoms with Gasteiger partial charge in [0.2, 0.25) is 0 Å². The third kappa shape index (κ3) is 3.73. The van der Waals surface area contributed by atoms with Crippen molar-refractivity contribution in [2.75, 3.05) is 26.3 Å². The van der Waals surface area contributed by atoms with Crippen LogP contribution in [0.3, 0.4) is 0 Å². The number of alkyl halides is 3. The van der Waals surface area contributed by atoms with Crippen molar-refractivity contribution in [1.29, 1.82) is 0 Å². The zero-order valence-electron chi connectivity index (χ0n) is 11.8. The number of benzene rings is 1. The molecule has 1 unspecified atom stereocenters. The summed E-state index contributed by atoms with van der Waals surface area (Å²) < 4.78 is 43.2. The molecule has 1 aromatic rings. The minimum Gasteiger partial charge on any atom is -0.378 e. The molecule has 1 aliphatic rings. The lowest BCUT2D eigenvalue weighted by Crippen LogP contribution is -2.41. The fraction of sp³-hybridized carbons (Fsp3) is 0.600. The predicted molar refractivity (Wildman–Crippen MR) is 71.4 cm³/mol. The summed E-state index contributed by atoms with van der Waals surface area (Å²) in [5.41, 5.74) is 0.284. The summed E-state index contributed by atoms with van der Waals surface area (Å²) in [6.45, 7) is 7.25. The fourth-order valence-corrected chi connectivity index (χ4v) is 2.53. The van der Waals surface area contributed by atoms with Crippen molar-refractivity contribution in [3.63, 3.8) is 0 Å². The van der Waals surface area contributed by atoms with Gasteiger partial charge in [-0.25, -0.2) is 0 Å². The molecule has 0 aromatic heterocycles. The topological polar surface area (TPSA) is 12.5 Å². The van der Waals surface area contributed by atoms with Crippen molar-refractivity contribution in [2.24, 2.45) is 5.92 Å². The van der Waals surface area contributed by atoms with Gasteiger partial charge in [0.25, 0.3) is 0 Å². The maximum atomic E-state index is 12.6. The van der Waals surface area contributed by atoms with Crippen LogP contribution in [-0.2, 0) is 10.9 Å².